The molecule has 1 aliphatic heterocycles. The van der Waals surface area contributed by atoms with E-state index in [0.717, 1.165) is 0 Å². The minimum Gasteiger partial charge on any atom is -0.403 e. The van der Waals surface area contributed by atoms with E-state index in [9.17, 15) is 0 Å². The number of hydrogen-bond donors (Lipinski definition) is 0. The molecule has 3 rings (SSSR count). The molecule has 4 heteroatoms. The summed E-state index contributed by atoms with van der Waals surface area (Å²) in [7, 11) is -0.0500. The summed E-state index contributed by atoms with van der Waals surface area (Å²) in [6.07, 6.45) is 1.18. The lowest BCUT2D eigenvalue weighted by Crippen LogP contribution is -2.41. The van der Waals surface area contributed by atoms with Gasteiger partial charge >= 0.3 is 7.12 Å². The van der Waals surface area contributed by atoms with E-state index in [1.165, 1.54) is 15.6 Å². The van der Waals surface area contributed by atoms with E-state index in [1.807, 2.05) is 0 Å². The first kappa shape index (κ1) is 13.9. The normalized spacial score (nSPS) is 31.5. The highest BCUT2D eigenvalue weighted by Gasteiger charge is 2.60. The molecule has 1 aromatic carbocycles. The van der Waals surface area contributed by atoms with Crippen molar-refractivity contribution in [3.63, 3.8) is 0 Å². The molecule has 1 heterocycles. The summed E-state index contributed by atoms with van der Waals surface area (Å²) >= 11 is 2.42. The molecule has 1 saturated heterocycles. The van der Waals surface area contributed by atoms with Crippen molar-refractivity contribution >= 4 is 29.7 Å². The van der Waals surface area contributed by atoms with E-state index in [0.29, 0.717) is 11.7 Å². The number of halogens is 1. The van der Waals surface area contributed by atoms with Gasteiger partial charge in [-0.25, -0.2) is 0 Å². The van der Waals surface area contributed by atoms with Crippen molar-refractivity contribution in [1.82, 2.24) is 0 Å². The van der Waals surface area contributed by atoms with E-state index >= 15 is 0 Å². The largest absolute Gasteiger partial charge is 0.461 e. The molecular formula is C15H20BIO2. The van der Waals surface area contributed by atoms with Crippen molar-refractivity contribution in [3.8, 4) is 0 Å². The van der Waals surface area contributed by atoms with Crippen molar-refractivity contribution in [1.29, 1.82) is 0 Å². The van der Waals surface area contributed by atoms with E-state index in [4.69, 9.17) is 9.31 Å². The van der Waals surface area contributed by atoms with Gasteiger partial charge in [0, 0.05) is 9.39 Å². The van der Waals surface area contributed by atoms with Crippen molar-refractivity contribution in [2.24, 2.45) is 0 Å². The van der Waals surface area contributed by atoms with Crippen LogP contribution in [0.5, 0.6) is 0 Å². The van der Waals surface area contributed by atoms with Gasteiger partial charge in [0.15, 0.2) is 0 Å². The van der Waals surface area contributed by atoms with Crippen LogP contribution in [0.3, 0.4) is 0 Å². The summed E-state index contributed by atoms with van der Waals surface area (Å²) in [6, 6.07) is 8.63. The molecule has 0 amide bonds. The topological polar surface area (TPSA) is 18.5 Å². The zero-order valence-corrected chi connectivity index (χ0v) is 14.1. The molecule has 1 aliphatic carbocycles. The van der Waals surface area contributed by atoms with Crippen LogP contribution in [0.1, 0.15) is 45.6 Å². The van der Waals surface area contributed by atoms with Crippen molar-refractivity contribution in [3.05, 3.63) is 33.4 Å². The molecule has 19 heavy (non-hydrogen) atoms. The second-order valence-corrected chi connectivity index (χ2v) is 7.81. The SMILES string of the molecule is CC1(C)OB([C@@H]2C[C@H]2c2ccccc2I)OC1(C)C. The summed E-state index contributed by atoms with van der Waals surface area (Å²) in [5.74, 6) is 1.11. The third kappa shape index (κ3) is 2.36. The summed E-state index contributed by atoms with van der Waals surface area (Å²) in [5, 5.41) is 0. The quantitative estimate of drug-likeness (QED) is 0.573. The summed E-state index contributed by atoms with van der Waals surface area (Å²) in [6.45, 7) is 8.49. The van der Waals surface area contributed by atoms with Crippen LogP contribution >= 0.6 is 22.6 Å². The van der Waals surface area contributed by atoms with E-state index < -0.39 is 0 Å². The molecule has 1 saturated carbocycles. The maximum atomic E-state index is 6.15. The minimum atomic E-state index is -0.214. The Hall–Kier alpha value is -0.0651. The fraction of sp³-hybridized carbons (Fsp3) is 0.600. The standard InChI is InChI=1S/C15H20BIO2/c1-14(2)15(3,4)19-16(18-14)12-9-11(12)10-7-5-6-8-13(10)17/h5-8,11-12H,9H2,1-4H3/t11-,12+/m0/s1. The molecule has 2 fully saturated rings. The minimum absolute atomic E-state index is 0.0500. The van der Waals surface area contributed by atoms with Crippen LogP contribution in [-0.4, -0.2) is 18.3 Å². The Morgan fingerprint density at radius 3 is 2.26 bits per heavy atom. The lowest BCUT2D eigenvalue weighted by molar-refractivity contribution is 0.00578. The van der Waals surface area contributed by atoms with Crippen LogP contribution in [0.4, 0.5) is 0 Å². The van der Waals surface area contributed by atoms with Gasteiger partial charge in [0.25, 0.3) is 0 Å². The average molecular weight is 370 g/mol. The molecule has 102 valence electrons. The molecule has 2 nitrogen and oxygen atoms in total. The fourth-order valence-electron chi connectivity index (χ4n) is 2.71. The number of hydrogen-bond acceptors (Lipinski definition) is 2. The highest BCUT2D eigenvalue weighted by atomic mass is 127. The van der Waals surface area contributed by atoms with Gasteiger partial charge < -0.3 is 9.31 Å². The van der Waals surface area contributed by atoms with Crippen LogP contribution in [0, 0.1) is 3.57 Å². The van der Waals surface area contributed by atoms with Gasteiger partial charge in [0.05, 0.1) is 11.2 Å². The Balaban J connectivity index is 1.74. The second-order valence-electron chi connectivity index (χ2n) is 6.65. The average Bonchev–Trinajstić information content (AvgIpc) is 3.03. The maximum absolute atomic E-state index is 6.15. The molecule has 0 spiro atoms. The first-order chi connectivity index (χ1) is 8.82. The third-order valence-electron chi connectivity index (χ3n) is 4.77. The summed E-state index contributed by atoms with van der Waals surface area (Å²) in [5.41, 5.74) is 1.02. The molecule has 2 aliphatic rings. The zero-order valence-electron chi connectivity index (χ0n) is 11.9. The molecule has 0 bridgehead atoms. The Kier molecular flexibility index (Phi) is 3.27. The predicted octanol–water partition coefficient (Wildman–Crippen LogP) is 4.24. The van der Waals surface area contributed by atoms with Gasteiger partial charge in [-0.2, -0.15) is 0 Å². The van der Waals surface area contributed by atoms with Crippen LogP contribution in [0.2, 0.25) is 5.82 Å². The molecule has 0 N–H and O–H groups in total. The van der Waals surface area contributed by atoms with Crippen LogP contribution in [0.15, 0.2) is 24.3 Å². The molecule has 1 aromatic rings. The Morgan fingerprint density at radius 2 is 1.68 bits per heavy atom. The molecule has 0 radical (unpaired) electrons. The van der Waals surface area contributed by atoms with Gasteiger partial charge in [-0.05, 0) is 74.3 Å². The summed E-state index contributed by atoms with van der Waals surface area (Å²) in [4.78, 5) is 0. The Labute approximate surface area is 129 Å². The van der Waals surface area contributed by atoms with Gasteiger partial charge in [-0.1, -0.05) is 18.2 Å². The van der Waals surface area contributed by atoms with E-state index in [1.54, 1.807) is 0 Å². The van der Waals surface area contributed by atoms with Gasteiger partial charge in [-0.3, -0.25) is 0 Å². The smallest absolute Gasteiger partial charge is 0.403 e. The van der Waals surface area contributed by atoms with Gasteiger partial charge in [0.2, 0.25) is 0 Å². The highest BCUT2D eigenvalue weighted by molar-refractivity contribution is 14.1. The molecule has 2 atom stereocenters. The van der Waals surface area contributed by atoms with E-state index in [-0.39, 0.29) is 18.3 Å². The fourth-order valence-corrected chi connectivity index (χ4v) is 3.50. The molecule has 0 aromatic heterocycles. The van der Waals surface area contributed by atoms with E-state index in [2.05, 4.69) is 74.6 Å². The predicted molar refractivity (Wildman–Crippen MR) is 86.3 cm³/mol. The van der Waals surface area contributed by atoms with Gasteiger partial charge in [0.1, 0.15) is 0 Å². The molecular weight excluding hydrogens is 350 g/mol. The highest BCUT2D eigenvalue weighted by Crippen LogP contribution is 2.58. The van der Waals surface area contributed by atoms with Crippen molar-refractivity contribution < 1.29 is 9.31 Å². The zero-order chi connectivity index (χ0) is 13.8. The first-order valence-corrected chi connectivity index (χ1v) is 8.00. The lowest BCUT2D eigenvalue weighted by atomic mass is 9.79. The Morgan fingerprint density at radius 1 is 1.11 bits per heavy atom. The van der Waals surface area contributed by atoms with Gasteiger partial charge in [-0.15, -0.1) is 0 Å². The van der Waals surface area contributed by atoms with Crippen LogP contribution in [0.25, 0.3) is 0 Å². The van der Waals surface area contributed by atoms with Crippen LogP contribution in [-0.2, 0) is 9.31 Å². The first-order valence-electron chi connectivity index (χ1n) is 6.92. The summed E-state index contributed by atoms with van der Waals surface area (Å²) < 4.78 is 13.7. The van der Waals surface area contributed by atoms with Crippen molar-refractivity contribution in [2.45, 2.75) is 57.1 Å². The Bertz CT molecular complexity index is 485. The maximum Gasteiger partial charge on any atom is 0.461 e. The second kappa shape index (κ2) is 4.47. The lowest BCUT2D eigenvalue weighted by Gasteiger charge is -2.32. The van der Waals surface area contributed by atoms with Crippen molar-refractivity contribution in [2.75, 3.05) is 0 Å². The third-order valence-corrected chi connectivity index (χ3v) is 5.75. The number of benzene rings is 1. The monoisotopic (exact) mass is 370 g/mol. The van der Waals surface area contributed by atoms with Crippen LogP contribution < -0.4 is 0 Å². The number of rotatable bonds is 2. The molecule has 0 unspecified atom stereocenters.